The molecule has 1 aliphatic rings. The van der Waals surface area contributed by atoms with Gasteiger partial charge in [0.25, 0.3) is 5.91 Å². The van der Waals surface area contributed by atoms with E-state index in [-0.39, 0.29) is 5.91 Å². The second-order valence-electron chi connectivity index (χ2n) is 6.72. The van der Waals surface area contributed by atoms with Gasteiger partial charge in [0.2, 0.25) is 0 Å². The fourth-order valence-electron chi connectivity index (χ4n) is 3.23. The van der Waals surface area contributed by atoms with Crippen molar-refractivity contribution in [3.05, 3.63) is 48.3 Å². The fourth-order valence-corrected chi connectivity index (χ4v) is 3.23. The van der Waals surface area contributed by atoms with Crippen LogP contribution in [-0.4, -0.2) is 37.2 Å². The average Bonchev–Trinajstić information content (AvgIpc) is 2.72. The molecule has 0 saturated heterocycles. The van der Waals surface area contributed by atoms with E-state index in [1.165, 1.54) is 32.1 Å². The number of methoxy groups -OCH3 is 1. The summed E-state index contributed by atoms with van der Waals surface area (Å²) in [5.74, 6) is 1.38. The van der Waals surface area contributed by atoms with Gasteiger partial charge in [-0.15, -0.1) is 0 Å². The van der Waals surface area contributed by atoms with Crippen LogP contribution in [0, 0.1) is 0 Å². The number of nitrogens with one attached hydrogen (secondary N) is 2. The maximum atomic E-state index is 12.3. The van der Waals surface area contributed by atoms with Gasteiger partial charge in [0, 0.05) is 18.4 Å². The Labute approximate surface area is 160 Å². The number of aromatic nitrogens is 1. The molecule has 2 N–H and O–H groups in total. The van der Waals surface area contributed by atoms with Gasteiger partial charge < -0.3 is 20.1 Å². The molecule has 1 aromatic heterocycles. The molecule has 1 heterocycles. The monoisotopic (exact) mass is 369 g/mol. The molecule has 6 nitrogen and oxygen atoms in total. The number of benzene rings is 1. The maximum Gasteiger partial charge on any atom is 0.253 e. The number of anilines is 1. The number of rotatable bonds is 8. The third-order valence-electron chi connectivity index (χ3n) is 4.69. The Morgan fingerprint density at radius 2 is 1.85 bits per heavy atom. The molecule has 27 heavy (non-hydrogen) atoms. The number of ether oxygens (including phenoxy) is 2. The second kappa shape index (κ2) is 9.80. The summed E-state index contributed by atoms with van der Waals surface area (Å²) in [5, 5.41) is 6.36. The van der Waals surface area contributed by atoms with Crippen LogP contribution in [0.25, 0.3) is 0 Å². The molecule has 6 heteroatoms. The van der Waals surface area contributed by atoms with E-state index >= 15 is 0 Å². The summed E-state index contributed by atoms with van der Waals surface area (Å²) in [7, 11) is 1.62. The zero-order chi connectivity index (χ0) is 18.9. The minimum absolute atomic E-state index is 0.145. The number of carbonyl (C=O) groups excluding carboxylic acids is 1. The highest BCUT2D eigenvalue weighted by atomic mass is 16.5. The first kappa shape index (κ1) is 19.0. The Morgan fingerprint density at radius 3 is 2.59 bits per heavy atom. The number of hydrogen-bond donors (Lipinski definition) is 2. The summed E-state index contributed by atoms with van der Waals surface area (Å²) in [6.45, 7) is 0.816. The summed E-state index contributed by atoms with van der Waals surface area (Å²) in [6, 6.07) is 9.70. The van der Waals surface area contributed by atoms with Crippen LogP contribution in [0.5, 0.6) is 11.5 Å². The Morgan fingerprint density at radius 1 is 1.11 bits per heavy atom. The molecule has 0 atom stereocenters. The Hall–Kier alpha value is -2.76. The molecule has 1 saturated carbocycles. The maximum absolute atomic E-state index is 12.3. The van der Waals surface area contributed by atoms with E-state index in [1.807, 2.05) is 30.3 Å². The van der Waals surface area contributed by atoms with E-state index in [0.717, 1.165) is 17.2 Å². The number of amides is 1. The topological polar surface area (TPSA) is 72.5 Å². The van der Waals surface area contributed by atoms with Crippen molar-refractivity contribution in [1.82, 2.24) is 10.3 Å². The van der Waals surface area contributed by atoms with E-state index in [1.54, 1.807) is 19.5 Å². The molecule has 1 amide bonds. The summed E-state index contributed by atoms with van der Waals surface area (Å²) in [6.07, 6.45) is 9.57. The van der Waals surface area contributed by atoms with Gasteiger partial charge in [0.15, 0.2) is 0 Å². The largest absolute Gasteiger partial charge is 0.497 e. The predicted molar refractivity (Wildman–Crippen MR) is 106 cm³/mol. The first-order valence-corrected chi connectivity index (χ1v) is 9.51. The Bertz CT molecular complexity index is 728. The zero-order valence-electron chi connectivity index (χ0n) is 15.7. The van der Waals surface area contributed by atoms with Gasteiger partial charge in [-0.3, -0.25) is 9.78 Å². The van der Waals surface area contributed by atoms with Crippen LogP contribution in [0.4, 0.5) is 5.69 Å². The van der Waals surface area contributed by atoms with Gasteiger partial charge in [0.05, 0.1) is 24.9 Å². The Kier molecular flexibility index (Phi) is 6.90. The highest BCUT2D eigenvalue weighted by Gasteiger charge is 2.14. The molecule has 144 valence electrons. The number of carbonyl (C=O) groups is 1. The molecule has 1 fully saturated rings. The molecular formula is C21H27N3O3. The van der Waals surface area contributed by atoms with Gasteiger partial charge in [0.1, 0.15) is 18.1 Å². The van der Waals surface area contributed by atoms with Crippen LogP contribution < -0.4 is 20.1 Å². The SMILES string of the molecule is COc1ccc(OCCNC(=O)c2cncc(NC3CCCCC3)c2)cc1. The highest BCUT2D eigenvalue weighted by Crippen LogP contribution is 2.21. The molecule has 0 radical (unpaired) electrons. The number of hydrogen-bond acceptors (Lipinski definition) is 5. The van der Waals surface area contributed by atoms with Crippen molar-refractivity contribution in [2.24, 2.45) is 0 Å². The summed E-state index contributed by atoms with van der Waals surface area (Å²) in [4.78, 5) is 16.5. The van der Waals surface area contributed by atoms with Gasteiger partial charge in [-0.25, -0.2) is 0 Å². The Balaban J connectivity index is 1.43. The van der Waals surface area contributed by atoms with E-state index in [4.69, 9.17) is 9.47 Å². The van der Waals surface area contributed by atoms with Gasteiger partial charge >= 0.3 is 0 Å². The van der Waals surface area contributed by atoms with Crippen LogP contribution in [-0.2, 0) is 0 Å². The van der Waals surface area contributed by atoms with Crippen LogP contribution in [0.15, 0.2) is 42.7 Å². The lowest BCUT2D eigenvalue weighted by Gasteiger charge is -2.23. The van der Waals surface area contributed by atoms with Crippen molar-refractivity contribution >= 4 is 11.6 Å². The normalized spacial score (nSPS) is 14.4. The van der Waals surface area contributed by atoms with Crippen LogP contribution >= 0.6 is 0 Å². The van der Waals surface area contributed by atoms with Crippen molar-refractivity contribution in [2.45, 2.75) is 38.1 Å². The predicted octanol–water partition coefficient (Wildman–Crippen LogP) is 3.64. The van der Waals surface area contributed by atoms with Gasteiger partial charge in [-0.2, -0.15) is 0 Å². The van der Waals surface area contributed by atoms with Gasteiger partial charge in [-0.1, -0.05) is 19.3 Å². The lowest BCUT2D eigenvalue weighted by molar-refractivity contribution is 0.0946. The minimum Gasteiger partial charge on any atom is -0.497 e. The average molecular weight is 369 g/mol. The summed E-state index contributed by atoms with van der Waals surface area (Å²) >= 11 is 0. The molecule has 1 aliphatic carbocycles. The smallest absolute Gasteiger partial charge is 0.253 e. The van der Waals surface area contributed by atoms with Crippen molar-refractivity contribution < 1.29 is 14.3 Å². The van der Waals surface area contributed by atoms with Crippen LogP contribution in [0.1, 0.15) is 42.5 Å². The van der Waals surface area contributed by atoms with Crippen LogP contribution in [0.2, 0.25) is 0 Å². The van der Waals surface area contributed by atoms with Crippen molar-refractivity contribution in [3.8, 4) is 11.5 Å². The molecule has 0 bridgehead atoms. The fraction of sp³-hybridized carbons (Fsp3) is 0.429. The summed E-state index contributed by atoms with van der Waals surface area (Å²) < 4.78 is 10.7. The van der Waals surface area contributed by atoms with E-state index in [9.17, 15) is 4.79 Å². The molecule has 0 aliphatic heterocycles. The molecule has 3 rings (SSSR count). The molecule has 2 aromatic rings. The van der Waals surface area contributed by atoms with Crippen molar-refractivity contribution in [3.63, 3.8) is 0 Å². The first-order valence-electron chi connectivity index (χ1n) is 9.51. The van der Waals surface area contributed by atoms with Crippen LogP contribution in [0.3, 0.4) is 0 Å². The lowest BCUT2D eigenvalue weighted by Crippen LogP contribution is -2.28. The minimum atomic E-state index is -0.145. The molecular weight excluding hydrogens is 342 g/mol. The van der Waals surface area contributed by atoms with E-state index in [0.29, 0.717) is 24.8 Å². The zero-order valence-corrected chi connectivity index (χ0v) is 15.7. The third-order valence-corrected chi connectivity index (χ3v) is 4.69. The standard InChI is InChI=1S/C21H27N3O3/c1-26-19-7-9-20(10-8-19)27-12-11-23-21(25)16-13-18(15-22-14-16)24-17-5-3-2-4-6-17/h7-10,13-15,17,24H,2-6,11-12H2,1H3,(H,23,25). The molecule has 0 spiro atoms. The molecule has 1 aromatic carbocycles. The highest BCUT2D eigenvalue weighted by molar-refractivity contribution is 5.94. The third kappa shape index (κ3) is 5.88. The van der Waals surface area contributed by atoms with E-state index in [2.05, 4.69) is 15.6 Å². The summed E-state index contributed by atoms with van der Waals surface area (Å²) in [5.41, 5.74) is 1.46. The quantitative estimate of drug-likeness (QED) is 0.695. The molecule has 0 unspecified atom stereocenters. The second-order valence-corrected chi connectivity index (χ2v) is 6.72. The van der Waals surface area contributed by atoms with E-state index < -0.39 is 0 Å². The van der Waals surface area contributed by atoms with Crippen molar-refractivity contribution in [1.29, 1.82) is 0 Å². The lowest BCUT2D eigenvalue weighted by atomic mass is 9.95. The van der Waals surface area contributed by atoms with Crippen molar-refractivity contribution in [2.75, 3.05) is 25.6 Å². The number of nitrogens with zero attached hydrogens (tertiary/aromatic N) is 1. The first-order chi connectivity index (χ1) is 13.2. The number of pyridine rings is 1. The van der Waals surface area contributed by atoms with Gasteiger partial charge in [-0.05, 0) is 43.2 Å².